The van der Waals surface area contributed by atoms with Crippen LogP contribution >= 0.6 is 0 Å². The van der Waals surface area contributed by atoms with E-state index < -0.39 is 0 Å². The third kappa shape index (κ3) is 3.20. The number of nitrogens with zero attached hydrogens (tertiary/aromatic N) is 3. The summed E-state index contributed by atoms with van der Waals surface area (Å²) < 4.78 is 1.58. The number of rotatable bonds is 5. The van der Waals surface area contributed by atoms with E-state index in [9.17, 15) is 4.79 Å². The third-order valence-electron chi connectivity index (χ3n) is 4.34. The molecule has 1 aliphatic heterocycles. The topological polar surface area (TPSA) is 64.2 Å². The van der Waals surface area contributed by atoms with Gasteiger partial charge in [0.2, 0.25) is 5.91 Å². The van der Waals surface area contributed by atoms with Crippen LogP contribution in [0.15, 0.2) is 36.7 Å². The van der Waals surface area contributed by atoms with E-state index in [-0.39, 0.29) is 12.5 Å². The van der Waals surface area contributed by atoms with Crippen molar-refractivity contribution >= 4 is 5.91 Å². The lowest BCUT2D eigenvalue weighted by molar-refractivity contribution is -0.118. The van der Waals surface area contributed by atoms with Gasteiger partial charge in [-0.2, -0.15) is 5.10 Å². The monoisotopic (exact) mass is 298 g/mol. The minimum atomic E-state index is -0.383. The Bertz CT molecular complexity index is 658. The largest absolute Gasteiger partial charge is 0.368 e. The van der Waals surface area contributed by atoms with E-state index in [4.69, 9.17) is 5.73 Å². The molecular formula is C17H22N4O. The molecule has 1 fully saturated rings. The molecule has 116 valence electrons. The average molecular weight is 298 g/mol. The Balaban J connectivity index is 1.81. The van der Waals surface area contributed by atoms with E-state index in [2.05, 4.69) is 41.2 Å². The summed E-state index contributed by atoms with van der Waals surface area (Å²) in [4.78, 5) is 13.5. The fraction of sp³-hybridized carbons (Fsp3) is 0.412. The quantitative estimate of drug-likeness (QED) is 0.920. The predicted octanol–water partition coefficient (Wildman–Crippen LogP) is 2.19. The highest BCUT2D eigenvalue weighted by Crippen LogP contribution is 2.28. The molecule has 1 saturated heterocycles. The van der Waals surface area contributed by atoms with Gasteiger partial charge in [0.1, 0.15) is 6.54 Å². The molecule has 0 spiro atoms. The molecule has 3 rings (SSSR count). The standard InChI is InChI=1S/C17H22N4O/c1-13(20-7-2-3-8-20)14-5-4-6-15(9-14)16-10-19-21(11-16)12-17(18)22/h4-6,9-11,13H,2-3,7-8,12H2,1H3,(H2,18,22)/t13-/m0/s1. The molecule has 0 radical (unpaired) electrons. The Morgan fingerprint density at radius 2 is 2.09 bits per heavy atom. The minimum Gasteiger partial charge on any atom is -0.368 e. The number of likely N-dealkylation sites (tertiary alicyclic amines) is 1. The Kier molecular flexibility index (Phi) is 4.24. The summed E-state index contributed by atoms with van der Waals surface area (Å²) in [5.74, 6) is -0.383. The van der Waals surface area contributed by atoms with Gasteiger partial charge in [0, 0.05) is 17.8 Å². The van der Waals surface area contributed by atoms with Crippen LogP contribution in [0, 0.1) is 0 Å². The number of carbonyl (C=O) groups excluding carboxylic acids is 1. The summed E-state index contributed by atoms with van der Waals surface area (Å²) in [6.07, 6.45) is 6.24. The van der Waals surface area contributed by atoms with Gasteiger partial charge < -0.3 is 5.73 Å². The number of hydrogen-bond acceptors (Lipinski definition) is 3. The normalized spacial score (nSPS) is 16.8. The van der Waals surface area contributed by atoms with Crippen LogP contribution in [0.3, 0.4) is 0 Å². The van der Waals surface area contributed by atoms with Gasteiger partial charge in [0.15, 0.2) is 0 Å². The van der Waals surface area contributed by atoms with Crippen LogP contribution in [0.1, 0.15) is 31.4 Å². The highest BCUT2D eigenvalue weighted by molar-refractivity contribution is 5.73. The minimum absolute atomic E-state index is 0.115. The van der Waals surface area contributed by atoms with Crippen LogP contribution < -0.4 is 5.73 Å². The number of nitrogens with two attached hydrogens (primary N) is 1. The van der Waals surface area contributed by atoms with Gasteiger partial charge in [-0.25, -0.2) is 0 Å². The van der Waals surface area contributed by atoms with Gasteiger partial charge in [0.25, 0.3) is 0 Å². The Morgan fingerprint density at radius 3 is 2.82 bits per heavy atom. The first-order valence-corrected chi connectivity index (χ1v) is 7.78. The van der Waals surface area contributed by atoms with Crippen LogP contribution in [0.4, 0.5) is 0 Å². The molecule has 1 amide bonds. The lowest BCUT2D eigenvalue weighted by Crippen LogP contribution is -2.23. The molecule has 0 bridgehead atoms. The molecule has 1 atom stereocenters. The van der Waals surface area contributed by atoms with Crippen molar-refractivity contribution in [2.24, 2.45) is 5.73 Å². The molecule has 0 unspecified atom stereocenters. The molecule has 2 aromatic rings. The molecule has 22 heavy (non-hydrogen) atoms. The summed E-state index contributed by atoms with van der Waals surface area (Å²) >= 11 is 0. The van der Waals surface area contributed by atoms with E-state index in [1.165, 1.54) is 31.5 Å². The Hall–Kier alpha value is -2.14. The average Bonchev–Trinajstić information content (AvgIpc) is 3.17. The zero-order valence-electron chi connectivity index (χ0n) is 12.9. The molecule has 0 saturated carbocycles. The van der Waals surface area contributed by atoms with Gasteiger partial charge >= 0.3 is 0 Å². The SMILES string of the molecule is C[C@@H](c1cccc(-c2cnn(CC(N)=O)c2)c1)N1CCCC1. The molecule has 2 heterocycles. The Labute approximate surface area is 130 Å². The van der Waals surface area contributed by atoms with Crippen LogP contribution in [0.25, 0.3) is 11.1 Å². The second kappa shape index (κ2) is 6.32. The number of hydrogen-bond donors (Lipinski definition) is 1. The summed E-state index contributed by atoms with van der Waals surface area (Å²) in [6, 6.07) is 8.99. The van der Waals surface area contributed by atoms with Gasteiger partial charge in [-0.15, -0.1) is 0 Å². The fourth-order valence-electron chi connectivity index (χ4n) is 3.08. The maximum atomic E-state index is 11.0. The number of benzene rings is 1. The van der Waals surface area contributed by atoms with E-state index in [1.54, 1.807) is 10.9 Å². The van der Waals surface area contributed by atoms with E-state index >= 15 is 0 Å². The first kappa shape index (κ1) is 14.8. The predicted molar refractivity (Wildman–Crippen MR) is 86.1 cm³/mol. The highest BCUT2D eigenvalue weighted by Gasteiger charge is 2.19. The maximum absolute atomic E-state index is 11.0. The van der Waals surface area contributed by atoms with Crippen LogP contribution in [-0.2, 0) is 11.3 Å². The molecule has 1 aromatic heterocycles. The number of amides is 1. The molecular weight excluding hydrogens is 276 g/mol. The van der Waals surface area contributed by atoms with Gasteiger partial charge in [-0.3, -0.25) is 14.4 Å². The van der Waals surface area contributed by atoms with Crippen molar-refractivity contribution in [3.63, 3.8) is 0 Å². The third-order valence-corrected chi connectivity index (χ3v) is 4.34. The first-order valence-electron chi connectivity index (χ1n) is 7.78. The second-order valence-electron chi connectivity index (χ2n) is 5.94. The van der Waals surface area contributed by atoms with Crippen LogP contribution in [0.5, 0.6) is 0 Å². The van der Waals surface area contributed by atoms with E-state index in [0.717, 1.165) is 11.1 Å². The van der Waals surface area contributed by atoms with Gasteiger partial charge in [-0.05, 0) is 50.0 Å². The number of carbonyl (C=O) groups is 1. The van der Waals surface area contributed by atoms with Crippen molar-refractivity contribution in [3.8, 4) is 11.1 Å². The molecule has 1 aliphatic rings. The summed E-state index contributed by atoms with van der Waals surface area (Å²) in [5.41, 5.74) is 8.66. The van der Waals surface area contributed by atoms with Gasteiger partial charge in [-0.1, -0.05) is 18.2 Å². The highest BCUT2D eigenvalue weighted by atomic mass is 16.1. The number of primary amides is 1. The first-order chi connectivity index (χ1) is 10.6. The zero-order chi connectivity index (χ0) is 15.5. The fourth-order valence-corrected chi connectivity index (χ4v) is 3.08. The van der Waals surface area contributed by atoms with Crippen LogP contribution in [0.2, 0.25) is 0 Å². The smallest absolute Gasteiger partial charge is 0.239 e. The van der Waals surface area contributed by atoms with Crippen molar-refractivity contribution in [3.05, 3.63) is 42.2 Å². The zero-order valence-corrected chi connectivity index (χ0v) is 12.9. The lowest BCUT2D eigenvalue weighted by Gasteiger charge is -2.24. The molecule has 5 nitrogen and oxygen atoms in total. The Morgan fingerprint density at radius 1 is 1.32 bits per heavy atom. The van der Waals surface area contributed by atoms with Crippen molar-refractivity contribution in [2.45, 2.75) is 32.4 Å². The van der Waals surface area contributed by atoms with Gasteiger partial charge in [0.05, 0.1) is 6.20 Å². The lowest BCUT2D eigenvalue weighted by atomic mass is 10.0. The molecule has 5 heteroatoms. The van der Waals surface area contributed by atoms with E-state index in [1.807, 2.05) is 6.20 Å². The molecule has 1 aromatic carbocycles. The maximum Gasteiger partial charge on any atom is 0.239 e. The van der Waals surface area contributed by atoms with Crippen molar-refractivity contribution in [1.29, 1.82) is 0 Å². The van der Waals surface area contributed by atoms with E-state index in [0.29, 0.717) is 6.04 Å². The van der Waals surface area contributed by atoms with Crippen LogP contribution in [-0.4, -0.2) is 33.7 Å². The van der Waals surface area contributed by atoms with Crippen molar-refractivity contribution < 1.29 is 4.79 Å². The van der Waals surface area contributed by atoms with Crippen molar-refractivity contribution in [1.82, 2.24) is 14.7 Å². The summed E-state index contributed by atoms with van der Waals surface area (Å²) in [5, 5.41) is 4.19. The summed E-state index contributed by atoms with van der Waals surface area (Å²) in [6.45, 7) is 4.74. The second-order valence-corrected chi connectivity index (χ2v) is 5.94. The molecule has 2 N–H and O–H groups in total. The number of aromatic nitrogens is 2. The molecule has 0 aliphatic carbocycles. The van der Waals surface area contributed by atoms with Crippen molar-refractivity contribution in [2.75, 3.05) is 13.1 Å². The summed E-state index contributed by atoms with van der Waals surface area (Å²) in [7, 11) is 0.